The molecule has 0 saturated heterocycles. The van der Waals surface area contributed by atoms with E-state index in [1.807, 2.05) is 6.92 Å². The van der Waals surface area contributed by atoms with Crippen LogP contribution in [-0.2, 0) is 0 Å². The minimum Gasteiger partial charge on any atom is -0.398 e. The number of carbonyl (C=O) groups excluding carboxylic acids is 1. The number of anilines is 1. The molecule has 1 aromatic carbocycles. The van der Waals surface area contributed by atoms with E-state index in [0.717, 1.165) is 12.8 Å². The van der Waals surface area contributed by atoms with Crippen LogP contribution in [-0.4, -0.2) is 5.78 Å². The van der Waals surface area contributed by atoms with Gasteiger partial charge in [-0.1, -0.05) is 36.5 Å². The van der Waals surface area contributed by atoms with Crippen LogP contribution >= 0.6 is 23.2 Å². The number of unbranched alkanes of at least 4 members (excludes halogenated alkanes) is 1. The number of nitrogens with two attached hydrogens (primary N) is 1. The van der Waals surface area contributed by atoms with E-state index in [9.17, 15) is 4.79 Å². The minimum absolute atomic E-state index is 0.0212. The first-order valence-corrected chi connectivity index (χ1v) is 5.59. The highest BCUT2D eigenvalue weighted by Gasteiger charge is 2.11. The Balaban J connectivity index is 2.94. The number of rotatable bonds is 4. The highest BCUT2D eigenvalue weighted by Crippen LogP contribution is 2.28. The number of hydrogen-bond acceptors (Lipinski definition) is 2. The summed E-state index contributed by atoms with van der Waals surface area (Å²) >= 11 is 11.6. The van der Waals surface area contributed by atoms with Crippen molar-refractivity contribution in [2.75, 3.05) is 5.73 Å². The lowest BCUT2D eigenvalue weighted by molar-refractivity contribution is 0.0980. The molecule has 0 atom stereocenters. The van der Waals surface area contributed by atoms with Crippen molar-refractivity contribution in [1.29, 1.82) is 0 Å². The van der Waals surface area contributed by atoms with E-state index in [4.69, 9.17) is 28.9 Å². The van der Waals surface area contributed by atoms with Crippen LogP contribution in [0.5, 0.6) is 0 Å². The van der Waals surface area contributed by atoms with Crippen LogP contribution in [0.15, 0.2) is 12.1 Å². The molecule has 1 rings (SSSR count). The van der Waals surface area contributed by atoms with Crippen molar-refractivity contribution in [3.63, 3.8) is 0 Å². The van der Waals surface area contributed by atoms with E-state index in [-0.39, 0.29) is 5.78 Å². The zero-order valence-corrected chi connectivity index (χ0v) is 10.0. The van der Waals surface area contributed by atoms with Crippen molar-refractivity contribution in [2.24, 2.45) is 0 Å². The van der Waals surface area contributed by atoms with Crippen molar-refractivity contribution in [3.8, 4) is 0 Å². The van der Waals surface area contributed by atoms with E-state index >= 15 is 0 Å². The predicted octanol–water partition coefficient (Wildman–Crippen LogP) is 3.95. The quantitative estimate of drug-likeness (QED) is 0.645. The van der Waals surface area contributed by atoms with Crippen LogP contribution in [0.1, 0.15) is 36.5 Å². The molecule has 1 aromatic rings. The van der Waals surface area contributed by atoms with Gasteiger partial charge in [-0.3, -0.25) is 4.79 Å². The summed E-state index contributed by atoms with van der Waals surface area (Å²) in [6.07, 6.45) is 2.34. The molecule has 0 bridgehead atoms. The summed E-state index contributed by atoms with van der Waals surface area (Å²) in [5, 5.41) is 0.743. The molecule has 0 fully saturated rings. The molecule has 2 N–H and O–H groups in total. The Labute approximate surface area is 99.4 Å². The van der Waals surface area contributed by atoms with Crippen molar-refractivity contribution >= 4 is 34.7 Å². The van der Waals surface area contributed by atoms with Gasteiger partial charge in [-0.05, 0) is 18.6 Å². The van der Waals surface area contributed by atoms with Crippen molar-refractivity contribution < 1.29 is 4.79 Å². The Morgan fingerprint density at radius 3 is 2.53 bits per heavy atom. The number of Topliss-reactive ketones (excluding diaryl/α,β-unsaturated/α-hetero) is 1. The van der Waals surface area contributed by atoms with Gasteiger partial charge in [-0.2, -0.15) is 0 Å². The monoisotopic (exact) mass is 245 g/mol. The molecule has 0 aromatic heterocycles. The van der Waals surface area contributed by atoms with E-state index in [2.05, 4.69) is 0 Å². The van der Waals surface area contributed by atoms with E-state index in [1.165, 1.54) is 12.1 Å². The predicted molar refractivity (Wildman–Crippen MR) is 64.7 cm³/mol. The third-order valence-electron chi connectivity index (χ3n) is 2.15. The summed E-state index contributed by atoms with van der Waals surface area (Å²) < 4.78 is 0. The molecule has 2 nitrogen and oxygen atoms in total. The standard InChI is InChI=1S/C11H13Cl2NO/c1-2-3-4-11(15)7-5-8(12)9(13)6-10(7)14/h5-6H,2-4,14H2,1H3. The Morgan fingerprint density at radius 1 is 1.33 bits per heavy atom. The van der Waals surface area contributed by atoms with Gasteiger partial charge in [0.15, 0.2) is 5.78 Å². The molecule has 0 spiro atoms. The Hall–Kier alpha value is -0.730. The van der Waals surface area contributed by atoms with Gasteiger partial charge in [0, 0.05) is 17.7 Å². The average molecular weight is 246 g/mol. The SMILES string of the molecule is CCCCC(=O)c1cc(Cl)c(Cl)cc1N. The average Bonchev–Trinajstić information content (AvgIpc) is 2.20. The fourth-order valence-corrected chi connectivity index (χ4v) is 1.61. The number of hydrogen-bond donors (Lipinski definition) is 1. The first kappa shape index (κ1) is 12.3. The molecule has 0 amide bonds. The van der Waals surface area contributed by atoms with E-state index < -0.39 is 0 Å². The maximum absolute atomic E-state index is 11.7. The molecule has 15 heavy (non-hydrogen) atoms. The summed E-state index contributed by atoms with van der Waals surface area (Å²) in [7, 11) is 0. The maximum atomic E-state index is 11.7. The normalized spacial score (nSPS) is 10.3. The van der Waals surface area contributed by atoms with Crippen LogP contribution < -0.4 is 5.73 Å². The van der Waals surface area contributed by atoms with Gasteiger partial charge >= 0.3 is 0 Å². The number of nitrogen functional groups attached to an aromatic ring is 1. The van der Waals surface area contributed by atoms with Crippen LogP contribution in [0.4, 0.5) is 5.69 Å². The minimum atomic E-state index is 0.0212. The van der Waals surface area contributed by atoms with Gasteiger partial charge in [-0.25, -0.2) is 0 Å². The Kier molecular flexibility index (Phi) is 4.43. The second kappa shape index (κ2) is 5.38. The van der Waals surface area contributed by atoms with E-state index in [0.29, 0.717) is 27.7 Å². The molecular formula is C11H13Cl2NO. The lowest BCUT2D eigenvalue weighted by atomic mass is 10.0. The zero-order valence-electron chi connectivity index (χ0n) is 8.52. The molecule has 0 heterocycles. The van der Waals surface area contributed by atoms with Crippen molar-refractivity contribution in [3.05, 3.63) is 27.7 Å². The number of carbonyl (C=O) groups is 1. The smallest absolute Gasteiger partial charge is 0.164 e. The lowest BCUT2D eigenvalue weighted by Crippen LogP contribution is -2.03. The second-order valence-corrected chi connectivity index (χ2v) is 4.19. The third kappa shape index (κ3) is 3.11. The number of ketones is 1. The molecule has 4 heteroatoms. The van der Waals surface area contributed by atoms with Gasteiger partial charge in [0.2, 0.25) is 0 Å². The fraction of sp³-hybridized carbons (Fsp3) is 0.364. The Bertz CT molecular complexity index is 377. The molecular weight excluding hydrogens is 233 g/mol. The van der Waals surface area contributed by atoms with Crippen molar-refractivity contribution in [1.82, 2.24) is 0 Å². The van der Waals surface area contributed by atoms with Crippen LogP contribution in [0.3, 0.4) is 0 Å². The molecule has 0 unspecified atom stereocenters. The summed E-state index contributed by atoms with van der Waals surface area (Å²) in [4.78, 5) is 11.7. The van der Waals surface area contributed by atoms with E-state index in [1.54, 1.807) is 0 Å². The molecule has 0 saturated carbocycles. The lowest BCUT2D eigenvalue weighted by Gasteiger charge is -2.06. The number of halogens is 2. The summed E-state index contributed by atoms with van der Waals surface area (Å²) in [5.41, 5.74) is 6.56. The second-order valence-electron chi connectivity index (χ2n) is 3.38. The maximum Gasteiger partial charge on any atom is 0.164 e. The van der Waals surface area contributed by atoms with Crippen LogP contribution in [0.2, 0.25) is 10.0 Å². The van der Waals surface area contributed by atoms with Crippen LogP contribution in [0.25, 0.3) is 0 Å². The van der Waals surface area contributed by atoms with Crippen LogP contribution in [0, 0.1) is 0 Å². The molecule has 0 aliphatic carbocycles. The summed E-state index contributed by atoms with van der Waals surface area (Å²) in [6.45, 7) is 2.03. The fourth-order valence-electron chi connectivity index (χ4n) is 1.28. The largest absolute Gasteiger partial charge is 0.398 e. The zero-order chi connectivity index (χ0) is 11.4. The Morgan fingerprint density at radius 2 is 1.93 bits per heavy atom. The molecule has 0 radical (unpaired) electrons. The van der Waals surface area contributed by atoms with Gasteiger partial charge in [-0.15, -0.1) is 0 Å². The molecule has 0 aliphatic rings. The van der Waals surface area contributed by atoms with Crippen molar-refractivity contribution in [2.45, 2.75) is 26.2 Å². The third-order valence-corrected chi connectivity index (χ3v) is 2.87. The summed E-state index contributed by atoms with van der Waals surface area (Å²) in [5.74, 6) is 0.0212. The first-order chi connectivity index (χ1) is 7.06. The molecule has 0 aliphatic heterocycles. The number of benzene rings is 1. The molecule has 82 valence electrons. The van der Waals surface area contributed by atoms with Gasteiger partial charge in [0.05, 0.1) is 10.0 Å². The topological polar surface area (TPSA) is 43.1 Å². The highest BCUT2D eigenvalue weighted by molar-refractivity contribution is 6.42. The summed E-state index contributed by atoms with van der Waals surface area (Å²) in [6, 6.07) is 3.06. The van der Waals surface area contributed by atoms with Gasteiger partial charge in [0.25, 0.3) is 0 Å². The highest BCUT2D eigenvalue weighted by atomic mass is 35.5. The van der Waals surface area contributed by atoms with Gasteiger partial charge in [0.1, 0.15) is 0 Å². The van der Waals surface area contributed by atoms with Gasteiger partial charge < -0.3 is 5.73 Å². The first-order valence-electron chi connectivity index (χ1n) is 4.84.